The fraction of sp³-hybridized carbons (Fsp3) is 0.462. The Morgan fingerprint density at radius 2 is 2.00 bits per heavy atom. The molecule has 3 nitrogen and oxygen atoms in total. The zero-order chi connectivity index (χ0) is 13.9. The minimum absolute atomic E-state index is 0.141. The van der Waals surface area contributed by atoms with Crippen molar-refractivity contribution in [1.29, 1.82) is 0 Å². The van der Waals surface area contributed by atoms with E-state index < -0.39 is 17.2 Å². The normalized spacial score (nSPS) is 11.4. The molecule has 0 saturated heterocycles. The number of likely N-dealkylation sites (N-methyl/N-ethyl adjacent to an activating group) is 1. The van der Waals surface area contributed by atoms with Crippen molar-refractivity contribution in [1.82, 2.24) is 4.90 Å². The summed E-state index contributed by atoms with van der Waals surface area (Å²) >= 11 is 0. The predicted octanol–water partition coefficient (Wildman–Crippen LogP) is 1.74. The number of nitrogens with zero attached hydrogens (tertiary/aromatic N) is 1. The molecule has 1 N–H and O–H groups in total. The molecule has 0 aliphatic heterocycles. The van der Waals surface area contributed by atoms with Gasteiger partial charge in [-0.1, -0.05) is 6.07 Å². The third-order valence-corrected chi connectivity index (χ3v) is 3.03. The summed E-state index contributed by atoms with van der Waals surface area (Å²) in [5.41, 5.74) is -0.574. The monoisotopic (exact) mass is 257 g/mol. The van der Waals surface area contributed by atoms with Gasteiger partial charge in [0.2, 0.25) is 5.91 Å². The number of carbonyl (C=O) groups is 1. The highest BCUT2D eigenvalue weighted by molar-refractivity contribution is 5.79. The van der Waals surface area contributed by atoms with Crippen LogP contribution in [0.2, 0.25) is 0 Å². The maximum Gasteiger partial charge on any atom is 0.227 e. The molecular formula is C13H17F2NO2. The summed E-state index contributed by atoms with van der Waals surface area (Å²) in [4.78, 5) is 13.3. The van der Waals surface area contributed by atoms with E-state index in [2.05, 4.69) is 0 Å². The molecule has 0 fully saturated rings. The van der Waals surface area contributed by atoms with E-state index in [0.29, 0.717) is 0 Å². The van der Waals surface area contributed by atoms with Gasteiger partial charge in [0.25, 0.3) is 0 Å². The highest BCUT2D eigenvalue weighted by Crippen LogP contribution is 2.15. The molecule has 0 heterocycles. The van der Waals surface area contributed by atoms with Crippen molar-refractivity contribution in [2.24, 2.45) is 0 Å². The molecule has 1 rings (SSSR count). The Kier molecular flexibility index (Phi) is 4.40. The summed E-state index contributed by atoms with van der Waals surface area (Å²) in [6, 6.07) is 3.12. The summed E-state index contributed by atoms with van der Waals surface area (Å²) in [5.74, 6) is -1.74. The van der Waals surface area contributed by atoms with E-state index in [1.54, 1.807) is 20.9 Å². The minimum atomic E-state index is -0.737. The summed E-state index contributed by atoms with van der Waals surface area (Å²) in [5, 5.41) is 9.15. The molecule has 1 amide bonds. The van der Waals surface area contributed by atoms with Crippen LogP contribution in [0.25, 0.3) is 0 Å². The second kappa shape index (κ2) is 5.44. The molecule has 0 aliphatic carbocycles. The lowest BCUT2D eigenvalue weighted by atomic mass is 10.0. The number of aliphatic hydroxyl groups is 1. The molecule has 0 bridgehead atoms. The molecule has 0 aromatic heterocycles. The van der Waals surface area contributed by atoms with Crippen LogP contribution in [-0.4, -0.2) is 35.1 Å². The van der Waals surface area contributed by atoms with Crippen LogP contribution < -0.4 is 0 Å². The number of benzene rings is 1. The van der Waals surface area contributed by atoms with E-state index >= 15 is 0 Å². The standard InChI is InChI=1S/C13H17F2NO2/c1-13(2,8-17)16(3)12(18)6-9-4-5-10(14)7-11(9)15/h4-5,7,17H,6,8H2,1-3H3. The molecule has 1 aromatic rings. The SMILES string of the molecule is CN(C(=O)Cc1ccc(F)cc1F)C(C)(C)CO. The molecule has 100 valence electrons. The van der Waals surface area contributed by atoms with Gasteiger partial charge in [-0.15, -0.1) is 0 Å². The van der Waals surface area contributed by atoms with Gasteiger partial charge in [-0.25, -0.2) is 8.78 Å². The van der Waals surface area contributed by atoms with Crippen LogP contribution in [0.4, 0.5) is 8.78 Å². The quantitative estimate of drug-likeness (QED) is 0.892. The van der Waals surface area contributed by atoms with Crippen molar-refractivity contribution in [3.8, 4) is 0 Å². The summed E-state index contributed by atoms with van der Waals surface area (Å²) in [6.45, 7) is 3.21. The van der Waals surface area contributed by atoms with Crippen LogP contribution in [0.3, 0.4) is 0 Å². The van der Waals surface area contributed by atoms with E-state index in [4.69, 9.17) is 5.11 Å². The van der Waals surface area contributed by atoms with Gasteiger partial charge in [-0.05, 0) is 25.5 Å². The Morgan fingerprint density at radius 3 is 2.50 bits per heavy atom. The Labute approximate surface area is 105 Å². The second-order valence-electron chi connectivity index (χ2n) is 4.84. The average molecular weight is 257 g/mol. The molecule has 0 radical (unpaired) electrons. The first kappa shape index (κ1) is 14.6. The summed E-state index contributed by atoms with van der Waals surface area (Å²) < 4.78 is 26.1. The zero-order valence-corrected chi connectivity index (χ0v) is 10.7. The van der Waals surface area contributed by atoms with E-state index in [9.17, 15) is 13.6 Å². The van der Waals surface area contributed by atoms with Gasteiger partial charge >= 0.3 is 0 Å². The van der Waals surface area contributed by atoms with E-state index in [1.165, 1.54) is 11.0 Å². The highest BCUT2D eigenvalue weighted by Gasteiger charge is 2.27. The number of hydrogen-bond acceptors (Lipinski definition) is 2. The molecule has 1 aromatic carbocycles. The molecule has 0 aliphatic rings. The maximum absolute atomic E-state index is 13.4. The Bertz CT molecular complexity index is 447. The number of aliphatic hydroxyl groups excluding tert-OH is 1. The fourth-order valence-corrected chi connectivity index (χ4v) is 1.39. The van der Waals surface area contributed by atoms with Crippen LogP contribution in [-0.2, 0) is 11.2 Å². The molecular weight excluding hydrogens is 240 g/mol. The lowest BCUT2D eigenvalue weighted by molar-refractivity contribution is -0.135. The van der Waals surface area contributed by atoms with Crippen molar-refractivity contribution in [3.63, 3.8) is 0 Å². The van der Waals surface area contributed by atoms with E-state index in [-0.39, 0.29) is 24.5 Å². The molecule has 5 heteroatoms. The van der Waals surface area contributed by atoms with E-state index in [1.807, 2.05) is 0 Å². The first-order valence-corrected chi connectivity index (χ1v) is 5.59. The van der Waals surface area contributed by atoms with Gasteiger partial charge in [-0.3, -0.25) is 4.79 Å². The number of hydrogen-bond donors (Lipinski definition) is 1. The van der Waals surface area contributed by atoms with Crippen LogP contribution in [0, 0.1) is 11.6 Å². The number of halogens is 2. The molecule has 0 spiro atoms. The number of amides is 1. The van der Waals surface area contributed by atoms with Crippen molar-refractivity contribution >= 4 is 5.91 Å². The largest absolute Gasteiger partial charge is 0.394 e. The molecule has 0 unspecified atom stereocenters. The Morgan fingerprint density at radius 1 is 1.39 bits per heavy atom. The van der Waals surface area contributed by atoms with Crippen LogP contribution in [0.5, 0.6) is 0 Å². The lowest BCUT2D eigenvalue weighted by Crippen LogP contribution is -2.48. The van der Waals surface area contributed by atoms with Gasteiger partial charge < -0.3 is 10.0 Å². The van der Waals surface area contributed by atoms with Gasteiger partial charge in [-0.2, -0.15) is 0 Å². The Balaban J connectivity index is 2.82. The first-order chi connectivity index (χ1) is 8.27. The summed E-state index contributed by atoms with van der Waals surface area (Å²) in [6.07, 6.45) is -0.161. The molecule has 18 heavy (non-hydrogen) atoms. The third-order valence-electron chi connectivity index (χ3n) is 3.03. The zero-order valence-electron chi connectivity index (χ0n) is 10.7. The van der Waals surface area contributed by atoms with Crippen LogP contribution in [0.1, 0.15) is 19.4 Å². The smallest absolute Gasteiger partial charge is 0.227 e. The fourth-order valence-electron chi connectivity index (χ4n) is 1.39. The number of rotatable bonds is 4. The topological polar surface area (TPSA) is 40.5 Å². The highest BCUT2D eigenvalue weighted by atomic mass is 19.1. The van der Waals surface area contributed by atoms with Crippen molar-refractivity contribution in [2.45, 2.75) is 25.8 Å². The van der Waals surface area contributed by atoms with Crippen molar-refractivity contribution in [2.75, 3.05) is 13.7 Å². The van der Waals surface area contributed by atoms with Crippen LogP contribution >= 0.6 is 0 Å². The van der Waals surface area contributed by atoms with Gasteiger partial charge in [0.15, 0.2) is 0 Å². The molecule has 0 atom stereocenters. The third kappa shape index (κ3) is 3.26. The van der Waals surface area contributed by atoms with E-state index in [0.717, 1.165) is 12.1 Å². The first-order valence-electron chi connectivity index (χ1n) is 5.59. The predicted molar refractivity (Wildman–Crippen MR) is 64.0 cm³/mol. The maximum atomic E-state index is 13.4. The lowest BCUT2D eigenvalue weighted by Gasteiger charge is -2.34. The average Bonchev–Trinajstić information content (AvgIpc) is 2.31. The summed E-state index contributed by atoms with van der Waals surface area (Å²) in [7, 11) is 1.54. The Hall–Kier alpha value is -1.49. The van der Waals surface area contributed by atoms with Gasteiger partial charge in [0.05, 0.1) is 18.6 Å². The minimum Gasteiger partial charge on any atom is -0.394 e. The molecule has 0 saturated carbocycles. The number of carbonyl (C=O) groups excluding carboxylic acids is 1. The van der Waals surface area contributed by atoms with Crippen LogP contribution in [0.15, 0.2) is 18.2 Å². The van der Waals surface area contributed by atoms with Crippen molar-refractivity contribution in [3.05, 3.63) is 35.4 Å². The van der Waals surface area contributed by atoms with Crippen molar-refractivity contribution < 1.29 is 18.7 Å². The van der Waals surface area contributed by atoms with Gasteiger partial charge in [0, 0.05) is 13.1 Å². The second-order valence-corrected chi connectivity index (χ2v) is 4.84. The van der Waals surface area contributed by atoms with Gasteiger partial charge in [0.1, 0.15) is 11.6 Å².